The Morgan fingerprint density at radius 1 is 1.19 bits per heavy atom. The van der Waals surface area contributed by atoms with E-state index in [2.05, 4.69) is 10.2 Å². The number of hydrogen-bond donors (Lipinski definition) is 1. The molecule has 2 aromatic rings. The summed E-state index contributed by atoms with van der Waals surface area (Å²) in [4.78, 5) is 0. The van der Waals surface area contributed by atoms with E-state index in [1.807, 2.05) is 36.4 Å². The number of hydrogen-bond acceptors (Lipinski definition) is 2. The van der Waals surface area contributed by atoms with Gasteiger partial charge in [0.1, 0.15) is 5.75 Å². The van der Waals surface area contributed by atoms with Crippen LogP contribution in [0.25, 0.3) is 10.8 Å². The van der Waals surface area contributed by atoms with Gasteiger partial charge in [-0.2, -0.15) is 0 Å². The van der Waals surface area contributed by atoms with Crippen molar-refractivity contribution in [3.63, 3.8) is 0 Å². The zero-order valence-corrected chi connectivity index (χ0v) is 10.1. The summed E-state index contributed by atoms with van der Waals surface area (Å²) in [6.45, 7) is 1.77. The fraction of sp³-hybridized carbons (Fsp3) is 0.231. The van der Waals surface area contributed by atoms with Crippen LogP contribution in [0.3, 0.4) is 0 Å². The molecule has 0 aliphatic heterocycles. The molecule has 1 unspecified atom stereocenters. The van der Waals surface area contributed by atoms with E-state index in [9.17, 15) is 5.11 Å². The van der Waals surface area contributed by atoms with Gasteiger partial charge >= 0.3 is 0 Å². The molecule has 1 atom stereocenters. The molecule has 1 N–H and O–H groups in total. The molecule has 2 rings (SSSR count). The summed E-state index contributed by atoms with van der Waals surface area (Å²) in [7, 11) is 3.30. The molecule has 0 heterocycles. The Morgan fingerprint density at radius 2 is 1.88 bits per heavy atom. The summed E-state index contributed by atoms with van der Waals surface area (Å²) in [5, 5.41) is 11.8. The molecule has 81 valence electrons. The zero-order chi connectivity index (χ0) is 11.5. The largest absolute Gasteiger partial charge is 0.497 e. The topological polar surface area (TPSA) is 29.5 Å². The van der Waals surface area contributed by atoms with E-state index >= 15 is 0 Å². The minimum absolute atomic E-state index is 0.456. The lowest BCUT2D eigenvalue weighted by Gasteiger charge is -2.12. The van der Waals surface area contributed by atoms with E-state index in [0.29, 0.717) is 6.23 Å². The van der Waals surface area contributed by atoms with Crippen LogP contribution in [-0.4, -0.2) is 21.6 Å². The van der Waals surface area contributed by atoms with Crippen molar-refractivity contribution < 1.29 is 9.84 Å². The summed E-state index contributed by atoms with van der Waals surface area (Å²) in [6.07, 6.45) is -0.0136. The highest BCUT2D eigenvalue weighted by Crippen LogP contribution is 2.30. The highest BCUT2D eigenvalue weighted by Gasteiger charge is 2.08. The van der Waals surface area contributed by atoms with Crippen LogP contribution in [-0.2, 0) is 0 Å². The second-order valence-corrected chi connectivity index (χ2v) is 3.95. The lowest BCUT2D eigenvalue weighted by molar-refractivity contribution is 0.201. The molecule has 0 saturated heterocycles. The van der Waals surface area contributed by atoms with E-state index in [1.54, 1.807) is 6.92 Å². The Hall–Kier alpha value is -1.32. The summed E-state index contributed by atoms with van der Waals surface area (Å²) >= 11 is 0. The number of fused-ring (bicyclic) bond motifs is 1. The average Bonchev–Trinajstić information content (AvgIpc) is 2.29. The molecule has 0 fully saturated rings. The first kappa shape index (κ1) is 11.2. The van der Waals surface area contributed by atoms with Gasteiger partial charge in [-0.05, 0) is 23.9 Å². The number of aliphatic hydroxyl groups excluding tert-OH is 1. The molecule has 0 bridgehead atoms. The molecule has 3 radical (unpaired) electrons. The van der Waals surface area contributed by atoms with E-state index in [1.165, 1.54) is 0 Å². The van der Waals surface area contributed by atoms with Crippen molar-refractivity contribution in [2.75, 3.05) is 6.23 Å². The number of rotatable bonds is 3. The van der Waals surface area contributed by atoms with Gasteiger partial charge in [0.2, 0.25) is 0 Å². The predicted octanol–water partition coefficient (Wildman–Crippen LogP) is 2.40. The predicted molar refractivity (Wildman–Crippen MR) is 65.8 cm³/mol. The first-order valence-corrected chi connectivity index (χ1v) is 5.92. The molecule has 0 aromatic heterocycles. The second-order valence-electron chi connectivity index (χ2n) is 3.66. The van der Waals surface area contributed by atoms with Gasteiger partial charge in [-0.15, -0.1) is 0 Å². The van der Waals surface area contributed by atoms with Gasteiger partial charge in [0.15, 0.2) is 0 Å². The maximum absolute atomic E-state index is 9.69. The zero-order valence-electron chi connectivity index (χ0n) is 9.10. The van der Waals surface area contributed by atoms with Crippen LogP contribution in [0.5, 0.6) is 5.75 Å². The highest BCUT2D eigenvalue weighted by atomic mass is 28.1. The van der Waals surface area contributed by atoms with Gasteiger partial charge < -0.3 is 9.84 Å². The van der Waals surface area contributed by atoms with Crippen LogP contribution in [0.2, 0.25) is 0 Å². The van der Waals surface area contributed by atoms with Gasteiger partial charge in [-0.25, -0.2) is 0 Å². The third-order valence-electron chi connectivity index (χ3n) is 2.59. The van der Waals surface area contributed by atoms with Crippen LogP contribution in [0.4, 0.5) is 0 Å². The number of aliphatic hydroxyl groups is 1. The normalized spacial score (nSPS) is 12.7. The van der Waals surface area contributed by atoms with Crippen molar-refractivity contribution in [1.29, 1.82) is 0 Å². The molecule has 0 aliphatic carbocycles. The number of benzene rings is 2. The van der Waals surface area contributed by atoms with Crippen molar-refractivity contribution in [3.8, 4) is 5.75 Å². The second kappa shape index (κ2) is 4.68. The van der Waals surface area contributed by atoms with E-state index in [4.69, 9.17) is 4.74 Å². The van der Waals surface area contributed by atoms with Crippen molar-refractivity contribution in [1.82, 2.24) is 0 Å². The Kier molecular flexibility index (Phi) is 3.27. The quantitative estimate of drug-likeness (QED) is 0.819. The van der Waals surface area contributed by atoms with Crippen LogP contribution >= 0.6 is 0 Å². The molecule has 0 saturated carbocycles. The summed E-state index contributed by atoms with van der Waals surface area (Å²) in [5.74, 6) is 0.829. The Bertz CT molecular complexity index is 494. The van der Waals surface area contributed by atoms with Crippen molar-refractivity contribution >= 4 is 21.0 Å². The van der Waals surface area contributed by atoms with Crippen LogP contribution in [0.1, 0.15) is 18.6 Å². The van der Waals surface area contributed by atoms with E-state index < -0.39 is 6.10 Å². The van der Waals surface area contributed by atoms with Gasteiger partial charge in [0, 0.05) is 5.39 Å². The molecule has 16 heavy (non-hydrogen) atoms. The van der Waals surface area contributed by atoms with Crippen LogP contribution in [0, 0.1) is 0 Å². The lowest BCUT2D eigenvalue weighted by Crippen LogP contribution is -1.98. The maximum atomic E-state index is 9.69. The fourth-order valence-electron chi connectivity index (χ4n) is 1.87. The van der Waals surface area contributed by atoms with Gasteiger partial charge in [-0.3, -0.25) is 0 Å². The van der Waals surface area contributed by atoms with E-state index in [0.717, 1.165) is 22.1 Å². The smallest absolute Gasteiger partial charge is 0.126 e. The first-order chi connectivity index (χ1) is 7.74. The van der Waals surface area contributed by atoms with Crippen molar-refractivity contribution in [3.05, 3.63) is 42.0 Å². The first-order valence-electron chi connectivity index (χ1n) is 5.21. The molecule has 0 aliphatic rings. The van der Waals surface area contributed by atoms with Gasteiger partial charge in [0.05, 0.1) is 22.6 Å². The summed E-state index contributed by atoms with van der Waals surface area (Å²) < 4.78 is 5.49. The minimum Gasteiger partial charge on any atom is -0.497 e. The minimum atomic E-state index is -0.470. The third-order valence-corrected chi connectivity index (χ3v) is 2.74. The molecule has 3 heteroatoms. The number of ether oxygens (including phenoxy) is 1. The molecule has 0 amide bonds. The van der Waals surface area contributed by atoms with Gasteiger partial charge in [0.25, 0.3) is 0 Å². The molecule has 2 aromatic carbocycles. The maximum Gasteiger partial charge on any atom is 0.126 e. The average molecular weight is 229 g/mol. The molecule has 0 spiro atoms. The Labute approximate surface area is 98.3 Å². The van der Waals surface area contributed by atoms with E-state index in [-0.39, 0.29) is 0 Å². The monoisotopic (exact) mass is 229 g/mol. The van der Waals surface area contributed by atoms with Crippen molar-refractivity contribution in [2.24, 2.45) is 0 Å². The van der Waals surface area contributed by atoms with Crippen LogP contribution < -0.4 is 4.74 Å². The van der Waals surface area contributed by atoms with Crippen molar-refractivity contribution in [2.45, 2.75) is 13.0 Å². The summed E-state index contributed by atoms with van der Waals surface area (Å²) in [6, 6.07) is 11.7. The fourth-order valence-corrected chi connectivity index (χ4v) is 2.03. The summed E-state index contributed by atoms with van der Waals surface area (Å²) in [5.41, 5.74) is 0.928. The van der Waals surface area contributed by atoms with Crippen LogP contribution in [0.15, 0.2) is 36.4 Å². The molecular formula is C13H13O2Si. The lowest BCUT2D eigenvalue weighted by atomic mass is 10.0. The highest BCUT2D eigenvalue weighted by molar-refractivity contribution is 6.08. The SMILES string of the molecule is CC(O)c1cccc2c(OC[Si])cccc12. The Morgan fingerprint density at radius 3 is 2.56 bits per heavy atom. The third kappa shape index (κ3) is 1.96. The van der Waals surface area contributed by atoms with Gasteiger partial charge in [-0.1, -0.05) is 30.3 Å². The molecular weight excluding hydrogens is 216 g/mol. The molecule has 2 nitrogen and oxygen atoms in total. The standard InChI is InChI=1S/C13H13O2Si/c1-9(14)10-4-2-6-12-11(10)5-3-7-13(12)15-8-16/h2-7,9,14H,8H2,1H3. The Balaban J connectivity index is 2.66.